The molecule has 2 aromatic carbocycles. The van der Waals surface area contributed by atoms with Gasteiger partial charge in [0.1, 0.15) is 0 Å². The number of hydrogen-bond donors (Lipinski definition) is 3. The van der Waals surface area contributed by atoms with Crippen LogP contribution in [0, 0.1) is 0 Å². The van der Waals surface area contributed by atoms with E-state index in [1.807, 2.05) is 0 Å². The molecule has 0 bridgehead atoms. The third-order valence-electron chi connectivity index (χ3n) is 3.11. The number of phenols is 2. The predicted molar refractivity (Wildman–Crippen MR) is 77.6 cm³/mol. The molecule has 7 heteroatoms. The molecule has 22 heavy (non-hydrogen) atoms. The van der Waals surface area contributed by atoms with Gasteiger partial charge in [-0.3, -0.25) is 4.79 Å². The molecule has 0 unspecified atom stereocenters. The lowest BCUT2D eigenvalue weighted by Gasteiger charge is -2.12. The van der Waals surface area contributed by atoms with Crippen LogP contribution in [0.2, 0.25) is 0 Å². The standard InChI is InChI=1S/C15H14O6S/c16-12-8-10(6-7-15(18)19)14(9-13(12)17)22(20,21)11-4-2-1-3-5-11/h1-5,8-9,16-17H,6-7H2,(H,18,19). The molecule has 0 amide bonds. The van der Waals surface area contributed by atoms with Crippen molar-refractivity contribution in [1.29, 1.82) is 0 Å². The van der Waals surface area contributed by atoms with Crippen molar-refractivity contribution in [3.63, 3.8) is 0 Å². The molecule has 0 saturated heterocycles. The number of hydrogen-bond acceptors (Lipinski definition) is 5. The molecule has 0 atom stereocenters. The Morgan fingerprint density at radius 1 is 1.00 bits per heavy atom. The Balaban J connectivity index is 2.58. The zero-order valence-electron chi connectivity index (χ0n) is 11.4. The molecule has 116 valence electrons. The summed E-state index contributed by atoms with van der Waals surface area (Å²) < 4.78 is 25.2. The van der Waals surface area contributed by atoms with Gasteiger partial charge in [0, 0.05) is 12.5 Å². The van der Waals surface area contributed by atoms with Gasteiger partial charge >= 0.3 is 5.97 Å². The fourth-order valence-corrected chi connectivity index (χ4v) is 3.56. The van der Waals surface area contributed by atoms with Crippen molar-refractivity contribution in [1.82, 2.24) is 0 Å². The topological polar surface area (TPSA) is 112 Å². The second-order valence-corrected chi connectivity index (χ2v) is 6.58. The molecule has 6 nitrogen and oxygen atoms in total. The summed E-state index contributed by atoms with van der Waals surface area (Å²) >= 11 is 0. The first-order valence-corrected chi connectivity index (χ1v) is 7.87. The summed E-state index contributed by atoms with van der Waals surface area (Å²) in [6.45, 7) is 0. The molecule has 3 N–H and O–H groups in total. The van der Waals surface area contributed by atoms with E-state index in [1.165, 1.54) is 12.1 Å². The molecule has 0 saturated carbocycles. The number of phenolic OH excluding ortho intramolecular Hbond substituents is 2. The molecule has 2 rings (SSSR count). The highest BCUT2D eigenvalue weighted by Crippen LogP contribution is 2.34. The number of benzene rings is 2. The Bertz CT molecular complexity index is 796. The van der Waals surface area contributed by atoms with Crippen LogP contribution in [0.5, 0.6) is 11.5 Å². The summed E-state index contributed by atoms with van der Waals surface area (Å²) in [5, 5.41) is 27.9. The fraction of sp³-hybridized carbons (Fsp3) is 0.133. The van der Waals surface area contributed by atoms with E-state index in [9.17, 15) is 23.4 Å². The molecule has 0 aromatic heterocycles. The van der Waals surface area contributed by atoms with Crippen LogP contribution >= 0.6 is 0 Å². The van der Waals surface area contributed by atoms with E-state index in [-0.39, 0.29) is 28.2 Å². The monoisotopic (exact) mass is 322 g/mol. The first-order valence-electron chi connectivity index (χ1n) is 6.39. The average Bonchev–Trinajstić information content (AvgIpc) is 2.48. The van der Waals surface area contributed by atoms with Crippen molar-refractivity contribution in [2.75, 3.05) is 0 Å². The van der Waals surface area contributed by atoms with Gasteiger partial charge < -0.3 is 15.3 Å². The Morgan fingerprint density at radius 2 is 1.59 bits per heavy atom. The number of rotatable bonds is 5. The summed E-state index contributed by atoms with van der Waals surface area (Å²) in [4.78, 5) is 10.5. The van der Waals surface area contributed by atoms with Gasteiger partial charge in [-0.15, -0.1) is 0 Å². The number of aromatic hydroxyl groups is 2. The van der Waals surface area contributed by atoms with Crippen LogP contribution in [0.4, 0.5) is 0 Å². The van der Waals surface area contributed by atoms with Crippen LogP contribution < -0.4 is 0 Å². The maximum atomic E-state index is 12.6. The quantitative estimate of drug-likeness (QED) is 0.725. The van der Waals surface area contributed by atoms with Crippen molar-refractivity contribution >= 4 is 15.8 Å². The van der Waals surface area contributed by atoms with Gasteiger partial charge in [-0.25, -0.2) is 8.42 Å². The van der Waals surface area contributed by atoms with Gasteiger partial charge in [-0.05, 0) is 30.2 Å². The minimum atomic E-state index is -3.92. The van der Waals surface area contributed by atoms with Crippen LogP contribution in [0.25, 0.3) is 0 Å². The summed E-state index contributed by atoms with van der Waals surface area (Å²) in [7, 11) is -3.92. The Morgan fingerprint density at radius 3 is 2.18 bits per heavy atom. The molecule has 0 radical (unpaired) electrons. The highest BCUT2D eigenvalue weighted by molar-refractivity contribution is 7.91. The van der Waals surface area contributed by atoms with Gasteiger partial charge in [0.2, 0.25) is 9.84 Å². The summed E-state index contributed by atoms with van der Waals surface area (Å²) in [6.07, 6.45) is -0.369. The summed E-state index contributed by atoms with van der Waals surface area (Å²) in [6, 6.07) is 9.61. The van der Waals surface area contributed by atoms with E-state index in [0.29, 0.717) is 0 Å². The SMILES string of the molecule is O=C(O)CCc1cc(O)c(O)cc1S(=O)(=O)c1ccccc1. The highest BCUT2D eigenvalue weighted by atomic mass is 32.2. The smallest absolute Gasteiger partial charge is 0.303 e. The zero-order chi connectivity index (χ0) is 16.3. The van der Waals surface area contributed by atoms with E-state index >= 15 is 0 Å². The van der Waals surface area contributed by atoms with E-state index in [1.54, 1.807) is 18.2 Å². The number of carboxylic acids is 1. The van der Waals surface area contributed by atoms with Gasteiger partial charge in [-0.1, -0.05) is 18.2 Å². The Kier molecular flexibility index (Phi) is 4.37. The first-order chi connectivity index (χ1) is 10.3. The first kappa shape index (κ1) is 15.8. The van der Waals surface area contributed by atoms with Crippen molar-refractivity contribution in [2.45, 2.75) is 22.6 Å². The molecule has 0 aliphatic carbocycles. The molecule has 0 aliphatic rings. The van der Waals surface area contributed by atoms with Crippen LogP contribution in [0.1, 0.15) is 12.0 Å². The molecule has 0 heterocycles. The average molecular weight is 322 g/mol. The summed E-state index contributed by atoms with van der Waals surface area (Å²) in [5.41, 5.74) is 0.140. The number of carboxylic acid groups (broad SMARTS) is 1. The molecule has 0 spiro atoms. The molecular formula is C15H14O6S. The van der Waals surface area contributed by atoms with Crippen LogP contribution in [0.15, 0.2) is 52.3 Å². The normalized spacial score (nSPS) is 11.3. The lowest BCUT2D eigenvalue weighted by Crippen LogP contribution is -2.07. The van der Waals surface area contributed by atoms with E-state index < -0.39 is 27.3 Å². The number of aryl methyl sites for hydroxylation is 1. The van der Waals surface area contributed by atoms with E-state index in [4.69, 9.17) is 5.11 Å². The largest absolute Gasteiger partial charge is 0.504 e. The molecule has 2 aromatic rings. The van der Waals surface area contributed by atoms with Crippen molar-refractivity contribution in [2.24, 2.45) is 0 Å². The predicted octanol–water partition coefficient (Wildman–Crippen LogP) is 1.95. The van der Waals surface area contributed by atoms with Gasteiger partial charge in [0.15, 0.2) is 11.5 Å². The molecule has 0 aliphatic heterocycles. The van der Waals surface area contributed by atoms with Crippen LogP contribution in [0.3, 0.4) is 0 Å². The van der Waals surface area contributed by atoms with E-state index in [0.717, 1.165) is 12.1 Å². The fourth-order valence-electron chi connectivity index (χ4n) is 2.01. The van der Waals surface area contributed by atoms with Crippen LogP contribution in [-0.4, -0.2) is 29.7 Å². The van der Waals surface area contributed by atoms with Crippen LogP contribution in [-0.2, 0) is 21.1 Å². The minimum Gasteiger partial charge on any atom is -0.504 e. The van der Waals surface area contributed by atoms with Crippen molar-refractivity contribution in [3.8, 4) is 11.5 Å². The highest BCUT2D eigenvalue weighted by Gasteiger charge is 2.23. The van der Waals surface area contributed by atoms with Gasteiger partial charge in [-0.2, -0.15) is 0 Å². The second kappa shape index (κ2) is 6.07. The Labute approximate surface area is 127 Å². The zero-order valence-corrected chi connectivity index (χ0v) is 12.2. The van der Waals surface area contributed by atoms with Crippen molar-refractivity contribution < 1.29 is 28.5 Å². The third-order valence-corrected chi connectivity index (χ3v) is 4.96. The molecule has 0 fully saturated rings. The second-order valence-electron chi connectivity index (χ2n) is 4.66. The minimum absolute atomic E-state index is 0.0247. The number of carbonyl (C=O) groups is 1. The van der Waals surface area contributed by atoms with E-state index in [2.05, 4.69) is 0 Å². The third kappa shape index (κ3) is 3.20. The lowest BCUT2D eigenvalue weighted by molar-refractivity contribution is -0.136. The van der Waals surface area contributed by atoms with Gasteiger partial charge in [0.05, 0.1) is 9.79 Å². The number of aliphatic carboxylic acids is 1. The maximum Gasteiger partial charge on any atom is 0.303 e. The summed E-state index contributed by atoms with van der Waals surface area (Å²) in [5.74, 6) is -2.16. The maximum absolute atomic E-state index is 12.6. The van der Waals surface area contributed by atoms with Gasteiger partial charge in [0.25, 0.3) is 0 Å². The Hall–Kier alpha value is -2.54. The number of sulfone groups is 1. The molecular weight excluding hydrogens is 308 g/mol. The van der Waals surface area contributed by atoms with Crippen molar-refractivity contribution in [3.05, 3.63) is 48.0 Å². The lowest BCUT2D eigenvalue weighted by atomic mass is 10.1.